The number of aromatic amines is 1. The molecule has 9 heteroatoms. The first-order valence-electron chi connectivity index (χ1n) is 10.5. The second-order valence-corrected chi connectivity index (χ2v) is 8.57. The lowest BCUT2D eigenvalue weighted by molar-refractivity contribution is -0.119. The Morgan fingerprint density at radius 3 is 2.81 bits per heavy atom. The van der Waals surface area contributed by atoms with E-state index >= 15 is 0 Å². The summed E-state index contributed by atoms with van der Waals surface area (Å²) in [6, 6.07) is 10.2. The lowest BCUT2D eigenvalue weighted by Crippen LogP contribution is -2.32. The van der Waals surface area contributed by atoms with Crippen LogP contribution in [0.5, 0.6) is 6.01 Å². The number of nitrogens with one attached hydrogen (secondary N) is 2. The highest BCUT2D eigenvalue weighted by Gasteiger charge is 2.43. The Kier molecular flexibility index (Phi) is 4.59. The zero-order valence-electron chi connectivity index (χ0n) is 16.6. The number of carbonyl (C=O) groups excluding carboxylic acids is 1. The van der Waals surface area contributed by atoms with Crippen molar-refractivity contribution >= 4 is 28.7 Å². The van der Waals surface area contributed by atoms with Crippen LogP contribution in [0.2, 0.25) is 5.02 Å². The summed E-state index contributed by atoms with van der Waals surface area (Å²) in [5, 5.41) is 3.51. The first-order chi connectivity index (χ1) is 15.1. The van der Waals surface area contributed by atoms with E-state index < -0.39 is 0 Å². The van der Waals surface area contributed by atoms with Gasteiger partial charge in [0.05, 0.1) is 35.0 Å². The number of benzene rings is 1. The van der Waals surface area contributed by atoms with Crippen LogP contribution >= 0.6 is 11.6 Å². The van der Waals surface area contributed by atoms with Gasteiger partial charge in [-0.3, -0.25) is 4.79 Å². The van der Waals surface area contributed by atoms with Crippen molar-refractivity contribution in [3.05, 3.63) is 40.9 Å². The molecule has 8 nitrogen and oxygen atoms in total. The van der Waals surface area contributed by atoms with E-state index in [1.807, 2.05) is 30.3 Å². The molecule has 2 aromatic heterocycles. The summed E-state index contributed by atoms with van der Waals surface area (Å²) in [5.41, 5.74) is 3.85. The van der Waals surface area contributed by atoms with E-state index in [0.29, 0.717) is 47.5 Å². The first kappa shape index (κ1) is 19.0. The molecule has 1 aromatic carbocycles. The summed E-state index contributed by atoms with van der Waals surface area (Å²) in [5.74, 6) is 0.0972. The molecule has 3 aromatic rings. The fourth-order valence-corrected chi connectivity index (χ4v) is 4.83. The Bertz CT molecular complexity index is 1150. The van der Waals surface area contributed by atoms with E-state index in [1.54, 1.807) is 0 Å². The summed E-state index contributed by atoms with van der Waals surface area (Å²) < 4.78 is 17.5. The van der Waals surface area contributed by atoms with Gasteiger partial charge in [-0.05, 0) is 24.5 Å². The standard InChI is InChI=1S/C22H21ClN4O4/c23-13-9-15-21(27-22(25-15)31-17-10-30-16-7-8-29-20(16)17)26-19(13)12-3-1-11(2-4-12)14-5-6-18(28)24-14/h1-4,9,14,16-17,20H,5-8,10H2,(H,24,28)(H,25,26,27)/t14?,16-,17?,20+/m1/s1. The zero-order chi connectivity index (χ0) is 20.9. The van der Waals surface area contributed by atoms with Crippen molar-refractivity contribution in [1.82, 2.24) is 20.3 Å². The summed E-state index contributed by atoms with van der Waals surface area (Å²) in [6.45, 7) is 1.18. The van der Waals surface area contributed by atoms with Gasteiger partial charge in [0.15, 0.2) is 11.8 Å². The Labute approximate surface area is 183 Å². The van der Waals surface area contributed by atoms with E-state index in [9.17, 15) is 4.79 Å². The molecule has 3 saturated heterocycles. The molecule has 0 bridgehead atoms. The van der Waals surface area contributed by atoms with E-state index in [-0.39, 0.29) is 30.3 Å². The number of H-pyrrole nitrogens is 1. The number of halogens is 1. The quantitative estimate of drug-likeness (QED) is 0.646. The minimum absolute atomic E-state index is 0.0523. The van der Waals surface area contributed by atoms with Crippen LogP contribution in [0.25, 0.3) is 22.4 Å². The molecule has 6 rings (SSSR count). The average molecular weight is 441 g/mol. The molecule has 5 heterocycles. The van der Waals surface area contributed by atoms with Crippen molar-refractivity contribution in [1.29, 1.82) is 0 Å². The summed E-state index contributed by atoms with van der Waals surface area (Å²) in [4.78, 5) is 23.8. The number of carbonyl (C=O) groups is 1. The highest BCUT2D eigenvalue weighted by Crippen LogP contribution is 2.33. The smallest absolute Gasteiger partial charge is 0.296 e. The SMILES string of the molecule is O=C1CCC(c2ccc(-c3nc4nc(OC5CO[C@@H]6CCO[C@H]56)[nH]c4cc3Cl)cc2)N1. The monoisotopic (exact) mass is 440 g/mol. The third kappa shape index (κ3) is 3.44. The van der Waals surface area contributed by atoms with Gasteiger partial charge in [-0.2, -0.15) is 4.98 Å². The topological polar surface area (TPSA) is 98.4 Å². The van der Waals surface area contributed by atoms with Crippen molar-refractivity contribution in [3.8, 4) is 17.3 Å². The highest BCUT2D eigenvalue weighted by molar-refractivity contribution is 6.33. The van der Waals surface area contributed by atoms with Gasteiger partial charge in [0, 0.05) is 18.6 Å². The summed E-state index contributed by atoms with van der Waals surface area (Å²) >= 11 is 6.53. The maximum absolute atomic E-state index is 11.5. The number of amides is 1. The predicted octanol–water partition coefficient (Wildman–Crippen LogP) is 3.16. The maximum Gasteiger partial charge on any atom is 0.296 e. The largest absolute Gasteiger partial charge is 0.456 e. The number of ether oxygens (including phenoxy) is 3. The predicted molar refractivity (Wildman–Crippen MR) is 113 cm³/mol. The second kappa shape index (κ2) is 7.47. The summed E-state index contributed by atoms with van der Waals surface area (Å²) in [6.07, 6.45) is 2.15. The van der Waals surface area contributed by atoms with Crippen molar-refractivity contribution in [2.45, 2.75) is 43.6 Å². The van der Waals surface area contributed by atoms with Crippen LogP contribution in [-0.2, 0) is 14.3 Å². The zero-order valence-corrected chi connectivity index (χ0v) is 17.4. The molecule has 3 fully saturated rings. The van der Waals surface area contributed by atoms with E-state index in [4.69, 9.17) is 25.8 Å². The number of aromatic nitrogens is 3. The number of fused-ring (bicyclic) bond motifs is 2. The van der Waals surface area contributed by atoms with Gasteiger partial charge >= 0.3 is 0 Å². The van der Waals surface area contributed by atoms with Gasteiger partial charge in [0.1, 0.15) is 6.10 Å². The lowest BCUT2D eigenvalue weighted by Gasteiger charge is -2.15. The average Bonchev–Trinajstić information content (AvgIpc) is 3.53. The number of hydrogen-bond acceptors (Lipinski definition) is 6. The van der Waals surface area contributed by atoms with Crippen molar-refractivity contribution in [2.24, 2.45) is 0 Å². The summed E-state index contributed by atoms with van der Waals surface area (Å²) in [7, 11) is 0. The van der Waals surface area contributed by atoms with Crippen LogP contribution in [0.15, 0.2) is 30.3 Å². The second-order valence-electron chi connectivity index (χ2n) is 8.16. The minimum atomic E-state index is -0.188. The molecule has 0 saturated carbocycles. The highest BCUT2D eigenvalue weighted by atomic mass is 35.5. The molecule has 160 valence electrons. The molecule has 4 atom stereocenters. The van der Waals surface area contributed by atoms with Gasteiger partial charge in [0.25, 0.3) is 6.01 Å². The molecule has 31 heavy (non-hydrogen) atoms. The Balaban J connectivity index is 1.25. The van der Waals surface area contributed by atoms with Gasteiger partial charge < -0.3 is 24.5 Å². The molecule has 1 amide bonds. The molecular formula is C22H21ClN4O4. The molecule has 0 radical (unpaired) electrons. The molecule has 2 unspecified atom stereocenters. The molecule has 0 spiro atoms. The normalized spacial score (nSPS) is 27.6. The van der Waals surface area contributed by atoms with Gasteiger partial charge in [-0.1, -0.05) is 35.9 Å². The van der Waals surface area contributed by atoms with Gasteiger partial charge in [-0.25, -0.2) is 4.98 Å². The van der Waals surface area contributed by atoms with E-state index in [0.717, 1.165) is 24.0 Å². The number of imidazole rings is 1. The number of pyridine rings is 1. The van der Waals surface area contributed by atoms with Crippen LogP contribution in [-0.4, -0.2) is 52.4 Å². The lowest BCUT2D eigenvalue weighted by atomic mass is 10.0. The van der Waals surface area contributed by atoms with Crippen LogP contribution in [0.1, 0.15) is 30.9 Å². The maximum atomic E-state index is 11.5. The van der Waals surface area contributed by atoms with Gasteiger partial charge in [0.2, 0.25) is 5.91 Å². The van der Waals surface area contributed by atoms with Crippen molar-refractivity contribution in [3.63, 3.8) is 0 Å². The first-order valence-corrected chi connectivity index (χ1v) is 10.9. The fraction of sp³-hybridized carbons (Fsp3) is 0.409. The molecular weight excluding hydrogens is 420 g/mol. The van der Waals surface area contributed by atoms with Crippen LogP contribution in [0, 0.1) is 0 Å². The molecule has 3 aliphatic rings. The third-order valence-corrected chi connectivity index (χ3v) is 6.46. The van der Waals surface area contributed by atoms with Crippen LogP contribution < -0.4 is 10.1 Å². The Hall–Kier alpha value is -2.68. The number of rotatable bonds is 4. The van der Waals surface area contributed by atoms with E-state index in [2.05, 4.69) is 20.3 Å². The number of hydrogen-bond donors (Lipinski definition) is 2. The third-order valence-electron chi connectivity index (χ3n) is 6.17. The minimum Gasteiger partial charge on any atom is -0.456 e. The van der Waals surface area contributed by atoms with Gasteiger partial charge in [-0.15, -0.1) is 0 Å². The molecule has 3 aliphatic heterocycles. The van der Waals surface area contributed by atoms with Crippen LogP contribution in [0.3, 0.4) is 0 Å². The molecule has 2 N–H and O–H groups in total. The van der Waals surface area contributed by atoms with Crippen LogP contribution in [0.4, 0.5) is 0 Å². The Morgan fingerprint density at radius 2 is 2.00 bits per heavy atom. The van der Waals surface area contributed by atoms with E-state index in [1.165, 1.54) is 0 Å². The number of nitrogens with zero attached hydrogens (tertiary/aromatic N) is 2. The fourth-order valence-electron chi connectivity index (χ4n) is 4.57. The molecule has 0 aliphatic carbocycles. The Morgan fingerprint density at radius 1 is 1.13 bits per heavy atom. The van der Waals surface area contributed by atoms with Crippen molar-refractivity contribution in [2.75, 3.05) is 13.2 Å². The van der Waals surface area contributed by atoms with Crippen molar-refractivity contribution < 1.29 is 19.0 Å².